The van der Waals surface area contributed by atoms with Crippen LogP contribution in [0.3, 0.4) is 0 Å². The molecule has 0 bridgehead atoms. The van der Waals surface area contributed by atoms with Gasteiger partial charge >= 0.3 is 0 Å². The van der Waals surface area contributed by atoms with Crippen LogP contribution in [-0.2, 0) is 0 Å². The van der Waals surface area contributed by atoms with Crippen LogP contribution >= 0.6 is 0 Å². The molecule has 2 N–H and O–H groups in total. The second kappa shape index (κ2) is 5.22. The van der Waals surface area contributed by atoms with Crippen LogP contribution in [0.1, 0.15) is 37.7 Å². The first-order valence-corrected chi connectivity index (χ1v) is 7.38. The largest absolute Gasteiger partial charge is 0.327 e. The Morgan fingerprint density at radius 3 is 2.74 bits per heavy atom. The van der Waals surface area contributed by atoms with E-state index in [1.807, 2.05) is 6.07 Å². The minimum absolute atomic E-state index is 0.139. The highest BCUT2D eigenvalue weighted by molar-refractivity contribution is 5.22. The smallest absolute Gasteiger partial charge is 0.123 e. The van der Waals surface area contributed by atoms with Crippen molar-refractivity contribution in [1.82, 2.24) is 4.90 Å². The van der Waals surface area contributed by atoms with Gasteiger partial charge in [-0.2, -0.15) is 0 Å². The maximum Gasteiger partial charge on any atom is 0.123 e. The molecule has 3 heteroatoms. The maximum absolute atomic E-state index is 13.4. The fourth-order valence-electron chi connectivity index (χ4n) is 3.64. The van der Waals surface area contributed by atoms with Crippen molar-refractivity contribution in [2.24, 2.45) is 11.7 Å². The molecule has 0 aromatic heterocycles. The molecule has 104 valence electrons. The molecule has 3 rings (SSSR count). The van der Waals surface area contributed by atoms with E-state index < -0.39 is 0 Å². The maximum atomic E-state index is 13.4. The Morgan fingerprint density at radius 1 is 1.26 bits per heavy atom. The van der Waals surface area contributed by atoms with Crippen molar-refractivity contribution in [3.05, 3.63) is 35.6 Å². The molecule has 2 nitrogen and oxygen atoms in total. The molecule has 4 atom stereocenters. The number of nitrogens with two attached hydrogens (primary N) is 1. The number of hydrogen-bond donors (Lipinski definition) is 1. The van der Waals surface area contributed by atoms with Crippen molar-refractivity contribution in [2.75, 3.05) is 13.1 Å². The van der Waals surface area contributed by atoms with Crippen molar-refractivity contribution in [3.8, 4) is 0 Å². The van der Waals surface area contributed by atoms with Crippen LogP contribution in [0.2, 0.25) is 0 Å². The van der Waals surface area contributed by atoms with E-state index in [2.05, 4.69) is 11.8 Å². The van der Waals surface area contributed by atoms with E-state index in [1.54, 1.807) is 12.1 Å². The summed E-state index contributed by atoms with van der Waals surface area (Å²) in [5, 5.41) is 0. The summed E-state index contributed by atoms with van der Waals surface area (Å²) in [5.41, 5.74) is 7.32. The van der Waals surface area contributed by atoms with Gasteiger partial charge in [-0.25, -0.2) is 4.39 Å². The first kappa shape index (κ1) is 13.1. The van der Waals surface area contributed by atoms with Gasteiger partial charge < -0.3 is 5.73 Å². The molecular weight excluding hydrogens is 239 g/mol. The Kier molecular flexibility index (Phi) is 3.59. The zero-order chi connectivity index (χ0) is 13.4. The van der Waals surface area contributed by atoms with Crippen LogP contribution in [0.4, 0.5) is 4.39 Å². The van der Waals surface area contributed by atoms with E-state index in [0.717, 1.165) is 31.0 Å². The van der Waals surface area contributed by atoms with Crippen LogP contribution in [-0.4, -0.2) is 30.1 Å². The van der Waals surface area contributed by atoms with Crippen molar-refractivity contribution in [2.45, 2.75) is 44.2 Å². The van der Waals surface area contributed by atoms with Crippen LogP contribution in [0.25, 0.3) is 0 Å². The molecule has 1 aromatic rings. The summed E-state index contributed by atoms with van der Waals surface area (Å²) in [6.07, 6.45) is 3.60. The van der Waals surface area contributed by atoms with Crippen molar-refractivity contribution in [1.29, 1.82) is 0 Å². The number of piperidine rings is 1. The molecule has 1 heterocycles. The van der Waals surface area contributed by atoms with Crippen molar-refractivity contribution >= 4 is 0 Å². The molecule has 19 heavy (non-hydrogen) atoms. The molecule has 0 radical (unpaired) electrons. The number of halogens is 1. The van der Waals surface area contributed by atoms with Crippen molar-refractivity contribution in [3.63, 3.8) is 0 Å². The molecule has 1 saturated heterocycles. The van der Waals surface area contributed by atoms with Gasteiger partial charge in [0.05, 0.1) is 0 Å². The molecule has 1 aliphatic heterocycles. The monoisotopic (exact) mass is 262 g/mol. The highest BCUT2D eigenvalue weighted by atomic mass is 19.1. The number of likely N-dealkylation sites (tertiary alicyclic amines) is 1. The van der Waals surface area contributed by atoms with Crippen LogP contribution in [0, 0.1) is 11.7 Å². The first-order chi connectivity index (χ1) is 9.13. The Hall–Kier alpha value is -0.930. The molecule has 1 aliphatic carbocycles. The molecular formula is C16H23FN2. The van der Waals surface area contributed by atoms with E-state index in [0.29, 0.717) is 12.0 Å². The lowest BCUT2D eigenvalue weighted by atomic mass is 9.77. The third kappa shape index (κ3) is 2.67. The number of hydrogen-bond acceptors (Lipinski definition) is 2. The van der Waals surface area contributed by atoms with Gasteiger partial charge in [0.25, 0.3) is 0 Å². The second-order valence-corrected chi connectivity index (χ2v) is 6.32. The van der Waals surface area contributed by atoms with Gasteiger partial charge in [-0.15, -0.1) is 0 Å². The first-order valence-electron chi connectivity index (χ1n) is 7.38. The lowest BCUT2D eigenvalue weighted by Gasteiger charge is -2.48. The number of benzene rings is 1. The summed E-state index contributed by atoms with van der Waals surface area (Å²) in [7, 11) is 0. The average molecular weight is 262 g/mol. The van der Waals surface area contributed by atoms with Crippen LogP contribution in [0.5, 0.6) is 0 Å². The summed E-state index contributed by atoms with van der Waals surface area (Å²) < 4.78 is 13.4. The zero-order valence-electron chi connectivity index (χ0n) is 11.6. The molecule has 0 spiro atoms. The molecule has 4 unspecified atom stereocenters. The fraction of sp³-hybridized carbons (Fsp3) is 0.625. The van der Waals surface area contributed by atoms with Gasteiger partial charge in [-0.1, -0.05) is 19.1 Å². The number of nitrogens with zero attached hydrogens (tertiary/aromatic N) is 1. The van der Waals surface area contributed by atoms with Crippen LogP contribution < -0.4 is 5.73 Å². The van der Waals surface area contributed by atoms with Gasteiger partial charge in [-0.3, -0.25) is 4.90 Å². The van der Waals surface area contributed by atoms with Crippen LogP contribution in [0.15, 0.2) is 24.3 Å². The van der Waals surface area contributed by atoms with Gasteiger partial charge in [-0.05, 0) is 48.8 Å². The topological polar surface area (TPSA) is 29.3 Å². The lowest BCUT2D eigenvalue weighted by molar-refractivity contribution is 0.0418. The van der Waals surface area contributed by atoms with E-state index in [1.165, 1.54) is 18.9 Å². The summed E-state index contributed by atoms with van der Waals surface area (Å²) in [5.74, 6) is 1.03. The molecule has 2 fully saturated rings. The highest BCUT2D eigenvalue weighted by Gasteiger charge is 2.37. The van der Waals surface area contributed by atoms with E-state index >= 15 is 0 Å². The van der Waals surface area contributed by atoms with Gasteiger partial charge in [0.2, 0.25) is 0 Å². The third-order valence-corrected chi connectivity index (χ3v) is 4.87. The van der Waals surface area contributed by atoms with E-state index in [9.17, 15) is 4.39 Å². The zero-order valence-corrected chi connectivity index (χ0v) is 11.6. The average Bonchev–Trinajstić information content (AvgIpc) is 2.36. The summed E-state index contributed by atoms with van der Waals surface area (Å²) in [4.78, 5) is 2.54. The van der Waals surface area contributed by atoms with E-state index in [-0.39, 0.29) is 11.9 Å². The minimum Gasteiger partial charge on any atom is -0.327 e. The summed E-state index contributed by atoms with van der Waals surface area (Å²) in [6.45, 7) is 4.36. The SMILES string of the molecule is CC1CCC1N1CC(N)CC(c2cccc(F)c2)C1. The second-order valence-electron chi connectivity index (χ2n) is 6.32. The molecule has 1 saturated carbocycles. The Labute approximate surface area is 114 Å². The number of rotatable bonds is 2. The van der Waals surface area contributed by atoms with Gasteiger partial charge in [0, 0.05) is 25.2 Å². The minimum atomic E-state index is -0.139. The Balaban J connectivity index is 1.75. The normalized spacial score (nSPS) is 35.9. The Morgan fingerprint density at radius 2 is 2.11 bits per heavy atom. The van der Waals surface area contributed by atoms with Crippen molar-refractivity contribution < 1.29 is 4.39 Å². The fourth-order valence-corrected chi connectivity index (χ4v) is 3.64. The van der Waals surface area contributed by atoms with E-state index in [4.69, 9.17) is 5.73 Å². The van der Waals surface area contributed by atoms with Gasteiger partial charge in [0.15, 0.2) is 0 Å². The quantitative estimate of drug-likeness (QED) is 0.888. The third-order valence-electron chi connectivity index (χ3n) is 4.87. The standard InChI is InChI=1S/C16H23FN2/c1-11-5-6-16(11)19-9-13(8-15(18)10-19)12-3-2-4-14(17)7-12/h2-4,7,11,13,15-16H,5-6,8-10,18H2,1H3. The lowest BCUT2D eigenvalue weighted by Crippen LogP contribution is -2.55. The predicted octanol–water partition coefficient (Wildman–Crippen LogP) is 2.74. The molecule has 0 amide bonds. The molecule has 2 aliphatic rings. The summed E-state index contributed by atoms with van der Waals surface area (Å²) >= 11 is 0. The van der Waals surface area contributed by atoms with Gasteiger partial charge in [0.1, 0.15) is 5.82 Å². The Bertz CT molecular complexity index is 448. The highest BCUT2D eigenvalue weighted by Crippen LogP contribution is 2.36. The predicted molar refractivity (Wildman–Crippen MR) is 75.5 cm³/mol. The molecule has 1 aromatic carbocycles. The summed E-state index contributed by atoms with van der Waals surface area (Å²) in [6, 6.07) is 7.94.